The maximum Gasteiger partial charge on any atom is 0.270 e. The zero-order chi connectivity index (χ0) is 13.4. The summed E-state index contributed by atoms with van der Waals surface area (Å²) in [4.78, 5) is 21.9. The molecule has 0 aliphatic heterocycles. The van der Waals surface area contributed by atoms with E-state index in [1.807, 2.05) is 6.92 Å². The van der Waals surface area contributed by atoms with Crippen molar-refractivity contribution in [3.05, 3.63) is 0 Å². The molecular weight excluding hydrogens is 274 g/mol. The van der Waals surface area contributed by atoms with Gasteiger partial charge in [-0.1, -0.05) is 13.3 Å². The van der Waals surface area contributed by atoms with Crippen molar-refractivity contribution < 1.29 is 37.0 Å². The van der Waals surface area contributed by atoms with Gasteiger partial charge in [-0.3, -0.25) is 18.2 Å². The molecule has 2 atom stereocenters. The zero-order valence-corrected chi connectivity index (χ0v) is 11.5. The van der Waals surface area contributed by atoms with E-state index in [1.54, 1.807) is 0 Å². The maximum absolute atomic E-state index is 11.0. The largest absolute Gasteiger partial charge is 0.756 e. The molecule has 0 N–H and O–H groups in total. The molecule has 10 heteroatoms. The molecule has 0 fully saturated rings. The third-order valence-electron chi connectivity index (χ3n) is 1.46. The Morgan fingerprint density at radius 3 is 1.94 bits per heavy atom. The molecule has 2 unspecified atom stereocenters. The Balaban J connectivity index is 3.86. The zero-order valence-electron chi connectivity index (χ0n) is 9.70. The van der Waals surface area contributed by atoms with Gasteiger partial charge in [0.1, 0.15) is 0 Å². The highest BCUT2D eigenvalue weighted by Crippen LogP contribution is 2.42. The van der Waals surface area contributed by atoms with Gasteiger partial charge in [-0.15, -0.1) is 0 Å². The van der Waals surface area contributed by atoms with Crippen LogP contribution in [0.3, 0.4) is 0 Å². The van der Waals surface area contributed by atoms with Crippen LogP contribution in [-0.4, -0.2) is 20.0 Å². The van der Waals surface area contributed by atoms with Crippen molar-refractivity contribution in [3.8, 4) is 0 Å². The Morgan fingerprint density at radius 2 is 1.47 bits per heavy atom. The molecule has 0 aliphatic carbocycles. The van der Waals surface area contributed by atoms with Crippen molar-refractivity contribution in [2.75, 3.05) is 20.0 Å². The van der Waals surface area contributed by atoms with Gasteiger partial charge in [-0.05, 0) is 13.3 Å². The smallest absolute Gasteiger partial charge is 0.270 e. The second-order valence-electron chi connectivity index (χ2n) is 2.88. The highest BCUT2D eigenvalue weighted by atomic mass is 31.2. The van der Waals surface area contributed by atoms with Crippen molar-refractivity contribution in [2.45, 2.75) is 26.7 Å². The van der Waals surface area contributed by atoms with Crippen LogP contribution in [0.15, 0.2) is 0 Å². The molecule has 104 valence electrons. The van der Waals surface area contributed by atoms with Gasteiger partial charge in [0.25, 0.3) is 15.6 Å². The monoisotopic (exact) mass is 290 g/mol. The van der Waals surface area contributed by atoms with Gasteiger partial charge in [0.05, 0.1) is 13.2 Å². The standard InChI is InChI=1S/C7H18O8P2/c1-3-5-6-13-17(10,11)15-7-14-16(8,9)12-4-2/h3-7H2,1-2H3,(H,8,9)(H,10,11)/p-2. The molecule has 0 heterocycles. The Labute approximate surface area is 100 Å². The fourth-order valence-corrected chi connectivity index (χ4v) is 1.97. The van der Waals surface area contributed by atoms with E-state index < -0.39 is 22.4 Å². The molecule has 0 aliphatic rings. The Bertz CT molecular complexity index is 294. The molecular formula is C7H16O8P2-2. The highest BCUT2D eigenvalue weighted by Gasteiger charge is 2.13. The van der Waals surface area contributed by atoms with Gasteiger partial charge in [-0.2, -0.15) is 0 Å². The van der Waals surface area contributed by atoms with Crippen molar-refractivity contribution >= 4 is 15.6 Å². The quantitative estimate of drug-likeness (QED) is 0.329. The van der Waals surface area contributed by atoms with Crippen molar-refractivity contribution in [1.29, 1.82) is 0 Å². The minimum Gasteiger partial charge on any atom is -0.756 e. The van der Waals surface area contributed by atoms with Gasteiger partial charge in [0.2, 0.25) is 0 Å². The van der Waals surface area contributed by atoms with Crippen LogP contribution in [0.2, 0.25) is 0 Å². The third-order valence-corrected chi connectivity index (χ3v) is 3.37. The molecule has 0 bridgehead atoms. The van der Waals surface area contributed by atoms with Crippen LogP contribution in [0.25, 0.3) is 0 Å². The summed E-state index contributed by atoms with van der Waals surface area (Å²) in [5.41, 5.74) is 0. The van der Waals surface area contributed by atoms with E-state index in [0.717, 1.165) is 6.42 Å². The van der Waals surface area contributed by atoms with Crippen molar-refractivity contribution in [3.63, 3.8) is 0 Å². The van der Waals surface area contributed by atoms with Gasteiger partial charge in [0.15, 0.2) is 6.79 Å². The first-order valence-electron chi connectivity index (χ1n) is 5.03. The Kier molecular flexibility index (Phi) is 8.45. The van der Waals surface area contributed by atoms with Crippen LogP contribution in [-0.2, 0) is 27.2 Å². The van der Waals surface area contributed by atoms with Crippen molar-refractivity contribution in [2.24, 2.45) is 0 Å². The van der Waals surface area contributed by atoms with E-state index in [4.69, 9.17) is 0 Å². The molecule has 0 saturated heterocycles. The molecule has 0 aromatic rings. The molecule has 8 nitrogen and oxygen atoms in total. The van der Waals surface area contributed by atoms with Crippen LogP contribution in [0.1, 0.15) is 26.7 Å². The lowest BCUT2D eigenvalue weighted by molar-refractivity contribution is -0.243. The fourth-order valence-electron chi connectivity index (χ4n) is 0.706. The molecule has 0 aromatic heterocycles. The van der Waals surface area contributed by atoms with Gasteiger partial charge in [0, 0.05) is 0 Å². The van der Waals surface area contributed by atoms with Gasteiger partial charge >= 0.3 is 0 Å². The van der Waals surface area contributed by atoms with Crippen LogP contribution in [0, 0.1) is 0 Å². The predicted octanol–water partition coefficient (Wildman–Crippen LogP) is 0.767. The average molecular weight is 290 g/mol. The van der Waals surface area contributed by atoms with E-state index in [2.05, 4.69) is 18.1 Å². The van der Waals surface area contributed by atoms with E-state index in [9.17, 15) is 18.9 Å². The third kappa shape index (κ3) is 9.88. The number of hydrogen-bond acceptors (Lipinski definition) is 8. The molecule has 0 radical (unpaired) electrons. The molecule has 0 saturated carbocycles. The molecule has 0 aromatic carbocycles. The molecule has 0 amide bonds. The number of phosphoric ester groups is 2. The van der Waals surface area contributed by atoms with Gasteiger partial charge < -0.3 is 18.8 Å². The summed E-state index contributed by atoms with van der Waals surface area (Å²) in [6.45, 7) is 2.19. The summed E-state index contributed by atoms with van der Waals surface area (Å²) in [5, 5.41) is 0. The second kappa shape index (κ2) is 8.34. The highest BCUT2D eigenvalue weighted by molar-refractivity contribution is 7.46. The Morgan fingerprint density at radius 1 is 0.941 bits per heavy atom. The molecule has 17 heavy (non-hydrogen) atoms. The van der Waals surface area contributed by atoms with E-state index in [0.29, 0.717) is 6.42 Å². The number of phosphoric acid groups is 2. The number of rotatable bonds is 10. The van der Waals surface area contributed by atoms with E-state index >= 15 is 0 Å². The first-order chi connectivity index (χ1) is 7.83. The van der Waals surface area contributed by atoms with Crippen molar-refractivity contribution in [1.82, 2.24) is 0 Å². The van der Waals surface area contributed by atoms with Gasteiger partial charge in [-0.25, -0.2) is 0 Å². The van der Waals surface area contributed by atoms with Crippen LogP contribution < -0.4 is 9.79 Å². The Hall–Kier alpha value is 0.220. The summed E-state index contributed by atoms with van der Waals surface area (Å²) in [7, 11) is -9.02. The molecule has 0 rings (SSSR count). The summed E-state index contributed by atoms with van der Waals surface area (Å²) < 4.78 is 38.8. The first kappa shape index (κ1) is 17.2. The minimum absolute atomic E-state index is 0.0161. The lowest BCUT2D eigenvalue weighted by atomic mass is 10.4. The summed E-state index contributed by atoms with van der Waals surface area (Å²) >= 11 is 0. The molecule has 0 spiro atoms. The van der Waals surface area contributed by atoms with Crippen LogP contribution in [0.5, 0.6) is 0 Å². The fraction of sp³-hybridized carbons (Fsp3) is 1.00. The van der Waals surface area contributed by atoms with E-state index in [1.165, 1.54) is 6.92 Å². The van der Waals surface area contributed by atoms with E-state index in [-0.39, 0.29) is 13.2 Å². The first-order valence-corrected chi connectivity index (χ1v) is 7.95. The topological polar surface area (TPSA) is 117 Å². The average Bonchev–Trinajstić information content (AvgIpc) is 2.16. The second-order valence-corrected chi connectivity index (χ2v) is 5.70. The predicted molar refractivity (Wildman–Crippen MR) is 54.7 cm³/mol. The normalized spacial score (nSPS) is 18.6. The van der Waals surface area contributed by atoms with Crippen LogP contribution in [0.4, 0.5) is 0 Å². The minimum atomic E-state index is -4.52. The lowest BCUT2D eigenvalue weighted by Gasteiger charge is -2.25. The summed E-state index contributed by atoms with van der Waals surface area (Å²) in [5.74, 6) is 0. The number of hydrogen-bond donors (Lipinski definition) is 0. The maximum atomic E-state index is 11.0. The number of unbranched alkanes of at least 4 members (excludes halogenated alkanes) is 1. The SMILES string of the molecule is CCCCOP(=O)([O-])OCOP(=O)([O-])OCC. The summed E-state index contributed by atoms with van der Waals surface area (Å²) in [6.07, 6.45) is 1.31. The van der Waals surface area contributed by atoms with Crippen LogP contribution >= 0.6 is 15.6 Å². The summed E-state index contributed by atoms with van der Waals surface area (Å²) in [6, 6.07) is 0. The lowest BCUT2D eigenvalue weighted by Crippen LogP contribution is -2.14.